The molecule has 2 amide bonds. The molecule has 7 heteroatoms. The van der Waals surface area contributed by atoms with Gasteiger partial charge in [-0.15, -0.1) is 0 Å². The van der Waals surface area contributed by atoms with E-state index in [4.69, 9.17) is 10.8 Å². The maximum Gasteiger partial charge on any atom is 0.337 e. The maximum atomic E-state index is 12.0. The van der Waals surface area contributed by atoms with E-state index in [-0.39, 0.29) is 30.2 Å². The van der Waals surface area contributed by atoms with Crippen LogP contribution in [0.1, 0.15) is 43.1 Å². The highest BCUT2D eigenvalue weighted by Crippen LogP contribution is 2.17. The molecule has 22 heavy (non-hydrogen) atoms. The zero-order valence-corrected chi connectivity index (χ0v) is 12.9. The van der Waals surface area contributed by atoms with Gasteiger partial charge < -0.3 is 16.2 Å². The number of aromatic carboxylic acids is 1. The van der Waals surface area contributed by atoms with Gasteiger partial charge in [0.1, 0.15) is 5.54 Å². The summed E-state index contributed by atoms with van der Waals surface area (Å²) < 4.78 is 0. The van der Waals surface area contributed by atoms with Crippen LogP contribution >= 0.6 is 0 Å². The van der Waals surface area contributed by atoms with Gasteiger partial charge in [-0.05, 0) is 30.9 Å². The maximum absolute atomic E-state index is 12.0. The SMILES string of the molecule is CC(C)C(C)(NC(=O)CCc1ccncc1C(=O)O)C(N)=O. The first kappa shape index (κ1) is 17.6. The van der Waals surface area contributed by atoms with E-state index in [1.165, 1.54) is 12.4 Å². The lowest BCUT2D eigenvalue weighted by Crippen LogP contribution is -2.58. The number of carboxylic acid groups (broad SMARTS) is 1. The van der Waals surface area contributed by atoms with Crippen LogP contribution in [0.25, 0.3) is 0 Å². The molecular formula is C15H21N3O4. The summed E-state index contributed by atoms with van der Waals surface area (Å²) >= 11 is 0. The predicted molar refractivity (Wildman–Crippen MR) is 80.1 cm³/mol. The minimum absolute atomic E-state index is 0.0554. The highest BCUT2D eigenvalue weighted by molar-refractivity contribution is 5.91. The van der Waals surface area contributed by atoms with Crippen molar-refractivity contribution < 1.29 is 19.5 Å². The van der Waals surface area contributed by atoms with E-state index in [1.54, 1.807) is 26.8 Å². The van der Waals surface area contributed by atoms with Gasteiger partial charge >= 0.3 is 5.97 Å². The Kier molecular flexibility index (Phi) is 5.62. The Hall–Kier alpha value is -2.44. The van der Waals surface area contributed by atoms with Crippen molar-refractivity contribution in [1.29, 1.82) is 0 Å². The standard InChI is InChI=1S/C15H21N3O4/c1-9(2)15(3,14(16)22)18-12(19)5-4-10-6-7-17-8-11(10)13(20)21/h6-9H,4-5H2,1-3H3,(H2,16,22)(H,18,19)(H,20,21). The highest BCUT2D eigenvalue weighted by Gasteiger charge is 2.36. The summed E-state index contributed by atoms with van der Waals surface area (Å²) in [5.74, 6) is -2.22. The van der Waals surface area contributed by atoms with E-state index < -0.39 is 17.4 Å². The van der Waals surface area contributed by atoms with Gasteiger partial charge in [-0.1, -0.05) is 13.8 Å². The minimum atomic E-state index is -1.13. The summed E-state index contributed by atoms with van der Waals surface area (Å²) in [6, 6.07) is 1.56. The highest BCUT2D eigenvalue weighted by atomic mass is 16.4. The number of nitrogens with two attached hydrogens (primary N) is 1. The van der Waals surface area contributed by atoms with Crippen molar-refractivity contribution >= 4 is 17.8 Å². The van der Waals surface area contributed by atoms with Gasteiger partial charge in [-0.25, -0.2) is 4.79 Å². The molecule has 0 aliphatic heterocycles. The number of nitrogens with one attached hydrogen (secondary N) is 1. The smallest absolute Gasteiger partial charge is 0.337 e. The third-order valence-corrected chi connectivity index (χ3v) is 3.83. The van der Waals surface area contributed by atoms with Gasteiger partial charge in [0.05, 0.1) is 5.56 Å². The van der Waals surface area contributed by atoms with Crippen molar-refractivity contribution in [1.82, 2.24) is 10.3 Å². The number of nitrogens with zero attached hydrogens (tertiary/aromatic N) is 1. The molecule has 0 aromatic carbocycles. The lowest BCUT2D eigenvalue weighted by Gasteiger charge is -2.31. The average Bonchev–Trinajstić information content (AvgIpc) is 2.44. The third kappa shape index (κ3) is 4.03. The van der Waals surface area contributed by atoms with E-state index in [0.29, 0.717) is 5.56 Å². The normalized spacial score (nSPS) is 13.5. The van der Waals surface area contributed by atoms with Crippen molar-refractivity contribution in [3.63, 3.8) is 0 Å². The molecule has 1 atom stereocenters. The molecule has 0 fully saturated rings. The Labute approximate surface area is 128 Å². The van der Waals surface area contributed by atoms with Crippen molar-refractivity contribution in [2.45, 2.75) is 39.2 Å². The quantitative estimate of drug-likeness (QED) is 0.685. The number of aryl methyl sites for hydroxylation is 1. The van der Waals surface area contributed by atoms with Crippen molar-refractivity contribution in [3.8, 4) is 0 Å². The van der Waals surface area contributed by atoms with Gasteiger partial charge in [0.2, 0.25) is 11.8 Å². The number of carbonyl (C=O) groups is 3. The first-order valence-electron chi connectivity index (χ1n) is 6.95. The molecule has 0 saturated carbocycles. The summed E-state index contributed by atoms with van der Waals surface area (Å²) in [5, 5.41) is 11.7. The number of aromatic nitrogens is 1. The molecule has 0 saturated heterocycles. The van der Waals surface area contributed by atoms with Crippen LogP contribution in [0, 0.1) is 5.92 Å². The molecule has 0 aliphatic rings. The van der Waals surface area contributed by atoms with Gasteiger partial charge in [0, 0.05) is 18.8 Å². The van der Waals surface area contributed by atoms with Crippen LogP contribution in [0.15, 0.2) is 18.5 Å². The summed E-state index contributed by atoms with van der Waals surface area (Å²) in [7, 11) is 0. The van der Waals surface area contributed by atoms with Crippen LogP contribution in [0.4, 0.5) is 0 Å². The molecule has 0 radical (unpaired) electrons. The first-order valence-corrected chi connectivity index (χ1v) is 6.95. The predicted octanol–water partition coefficient (Wildman–Crippen LogP) is 0.729. The zero-order valence-electron chi connectivity index (χ0n) is 12.9. The van der Waals surface area contributed by atoms with Gasteiger partial charge in [0.15, 0.2) is 0 Å². The molecule has 0 bridgehead atoms. The zero-order chi connectivity index (χ0) is 16.9. The lowest BCUT2D eigenvalue weighted by molar-refractivity contribution is -0.132. The fourth-order valence-corrected chi connectivity index (χ4v) is 1.92. The fourth-order valence-electron chi connectivity index (χ4n) is 1.92. The monoisotopic (exact) mass is 307 g/mol. The van der Waals surface area contributed by atoms with Crippen molar-refractivity contribution in [2.75, 3.05) is 0 Å². The number of rotatable bonds is 7. The second kappa shape index (κ2) is 7.02. The van der Waals surface area contributed by atoms with Gasteiger partial charge in [0.25, 0.3) is 0 Å². The Bertz CT molecular complexity index is 586. The molecule has 0 aliphatic carbocycles. The molecule has 1 aromatic rings. The molecule has 1 heterocycles. The molecule has 1 rings (SSSR count). The number of hydrogen-bond acceptors (Lipinski definition) is 4. The summed E-state index contributed by atoms with van der Waals surface area (Å²) in [6.45, 7) is 5.15. The van der Waals surface area contributed by atoms with Crippen LogP contribution < -0.4 is 11.1 Å². The van der Waals surface area contributed by atoms with E-state index in [1.807, 2.05) is 0 Å². The number of amides is 2. The number of carbonyl (C=O) groups excluding carboxylic acids is 2. The Morgan fingerprint density at radius 1 is 1.41 bits per heavy atom. The average molecular weight is 307 g/mol. The van der Waals surface area contributed by atoms with Crippen LogP contribution in [0.2, 0.25) is 0 Å². The Morgan fingerprint density at radius 3 is 2.55 bits per heavy atom. The molecule has 1 aromatic heterocycles. The topological polar surface area (TPSA) is 122 Å². The number of pyridine rings is 1. The third-order valence-electron chi connectivity index (χ3n) is 3.83. The minimum Gasteiger partial charge on any atom is -0.478 e. The molecule has 120 valence electrons. The summed E-state index contributed by atoms with van der Waals surface area (Å²) in [5.41, 5.74) is 4.80. The molecule has 0 spiro atoms. The van der Waals surface area contributed by atoms with Gasteiger partial charge in [-0.2, -0.15) is 0 Å². The van der Waals surface area contributed by atoms with E-state index in [2.05, 4.69) is 10.3 Å². The molecule has 7 nitrogen and oxygen atoms in total. The van der Waals surface area contributed by atoms with Crippen molar-refractivity contribution in [2.24, 2.45) is 11.7 Å². The number of carboxylic acids is 1. The summed E-state index contributed by atoms with van der Waals surface area (Å²) in [4.78, 5) is 38.4. The van der Waals surface area contributed by atoms with Gasteiger partial charge in [-0.3, -0.25) is 14.6 Å². The van der Waals surface area contributed by atoms with Crippen LogP contribution in [-0.4, -0.2) is 33.4 Å². The van der Waals surface area contributed by atoms with Crippen molar-refractivity contribution in [3.05, 3.63) is 29.6 Å². The second-order valence-electron chi connectivity index (χ2n) is 5.61. The fraction of sp³-hybridized carbons (Fsp3) is 0.467. The molecule has 4 N–H and O–H groups in total. The Balaban J connectivity index is 2.75. The van der Waals surface area contributed by atoms with Crippen LogP contribution in [-0.2, 0) is 16.0 Å². The van der Waals surface area contributed by atoms with E-state index in [0.717, 1.165) is 0 Å². The number of hydrogen-bond donors (Lipinski definition) is 3. The lowest BCUT2D eigenvalue weighted by atomic mass is 9.87. The number of primary amides is 1. The molecule has 1 unspecified atom stereocenters. The summed E-state index contributed by atoms with van der Waals surface area (Å²) in [6.07, 6.45) is 3.02. The van der Waals surface area contributed by atoms with Crippen LogP contribution in [0.5, 0.6) is 0 Å². The van der Waals surface area contributed by atoms with E-state index in [9.17, 15) is 14.4 Å². The second-order valence-corrected chi connectivity index (χ2v) is 5.61. The molecular weight excluding hydrogens is 286 g/mol. The largest absolute Gasteiger partial charge is 0.478 e. The van der Waals surface area contributed by atoms with Crippen LogP contribution in [0.3, 0.4) is 0 Å². The first-order chi connectivity index (χ1) is 10.2. The Morgan fingerprint density at radius 2 is 2.05 bits per heavy atom. The van der Waals surface area contributed by atoms with E-state index >= 15 is 0 Å².